The van der Waals surface area contributed by atoms with Gasteiger partial charge in [0.2, 0.25) is 0 Å². The van der Waals surface area contributed by atoms with Crippen LogP contribution < -0.4 is 9.62 Å². The molecule has 0 aliphatic rings. The molecule has 6 heteroatoms. The number of anilines is 2. The summed E-state index contributed by atoms with van der Waals surface area (Å²) >= 11 is -0.611. The topological polar surface area (TPSA) is 49.4 Å². The van der Waals surface area contributed by atoms with Crippen LogP contribution in [0, 0.1) is 0 Å². The summed E-state index contributed by atoms with van der Waals surface area (Å²) in [6, 6.07) is 7.49. The van der Waals surface area contributed by atoms with Gasteiger partial charge in [0, 0.05) is 0 Å². The van der Waals surface area contributed by atoms with Crippen LogP contribution in [-0.2, 0) is 10.0 Å². The molecule has 1 rings (SSSR count). The second-order valence-corrected chi connectivity index (χ2v) is 11.9. The quantitative estimate of drug-likeness (QED) is 0.813. The first kappa shape index (κ1) is 15.4. The third kappa shape index (κ3) is 5.78. The van der Waals surface area contributed by atoms with E-state index in [1.165, 1.54) is 5.21 Å². The average Bonchev–Trinajstić information content (AvgIpc) is 2.23. The summed E-state index contributed by atoms with van der Waals surface area (Å²) in [6.45, 7) is 1.02. The maximum absolute atomic E-state index is 11.2. The zero-order valence-corrected chi connectivity index (χ0v) is 14.0. The van der Waals surface area contributed by atoms with E-state index in [2.05, 4.69) is 21.0 Å². The summed E-state index contributed by atoms with van der Waals surface area (Å²) in [5, 5.41) is 1.26. The number of rotatable bonds is 6. The van der Waals surface area contributed by atoms with E-state index in [1.807, 2.05) is 25.2 Å². The number of nitrogens with one attached hydrogen (secondary N) is 1. The monoisotopic (exact) mass is 332 g/mol. The van der Waals surface area contributed by atoms with Gasteiger partial charge in [0.25, 0.3) is 0 Å². The Balaban J connectivity index is 2.75. The van der Waals surface area contributed by atoms with Gasteiger partial charge in [0.1, 0.15) is 0 Å². The Morgan fingerprint density at radius 3 is 2.56 bits per heavy atom. The summed E-state index contributed by atoms with van der Waals surface area (Å²) in [5.41, 5.74) is 6.33. The Hall–Kier alpha value is -0.672. The molecule has 0 aliphatic heterocycles. The average molecular weight is 332 g/mol. The molecule has 0 radical (unpaired) electrons. The van der Waals surface area contributed by atoms with Gasteiger partial charge in [0.05, 0.1) is 0 Å². The number of nitrogens with zero attached hydrogens (tertiary/aromatic N) is 1. The second kappa shape index (κ2) is 6.48. The molecule has 0 bridgehead atoms. The number of benzene rings is 1. The molecule has 0 amide bonds. The van der Waals surface area contributed by atoms with Crippen molar-refractivity contribution in [1.82, 2.24) is 0 Å². The zero-order valence-electron chi connectivity index (χ0n) is 11.3. The van der Waals surface area contributed by atoms with Crippen molar-refractivity contribution in [3.63, 3.8) is 0 Å². The number of sulfonamides is 1. The van der Waals surface area contributed by atoms with Crippen LogP contribution in [0.1, 0.15) is 0 Å². The van der Waals surface area contributed by atoms with Gasteiger partial charge in [-0.25, -0.2) is 0 Å². The fraction of sp³-hybridized carbons (Fsp3) is 0.500. The standard InChI is InChI=1S/C12H21AsN2O2S/c1-13(2)8-9-15(3)12-7-5-6-11(10-12)14-18(4,16)17/h5-7,10,14H,8-9H2,1-4H3. The van der Waals surface area contributed by atoms with Crippen molar-refractivity contribution in [2.45, 2.75) is 16.6 Å². The van der Waals surface area contributed by atoms with Gasteiger partial charge in [-0.1, -0.05) is 0 Å². The molecular formula is C12H21AsN2O2S. The van der Waals surface area contributed by atoms with Crippen LogP contribution in [-0.4, -0.2) is 42.9 Å². The minimum absolute atomic E-state index is 0.611. The van der Waals surface area contributed by atoms with Gasteiger partial charge in [-0.3, -0.25) is 0 Å². The third-order valence-corrected chi connectivity index (χ3v) is 5.38. The predicted octanol–water partition coefficient (Wildman–Crippen LogP) is 2.25. The fourth-order valence-electron chi connectivity index (χ4n) is 1.50. The van der Waals surface area contributed by atoms with E-state index < -0.39 is 24.7 Å². The molecule has 18 heavy (non-hydrogen) atoms. The maximum atomic E-state index is 11.2. The van der Waals surface area contributed by atoms with Crippen molar-refractivity contribution in [2.75, 3.05) is 29.5 Å². The third-order valence-electron chi connectivity index (χ3n) is 2.47. The zero-order chi connectivity index (χ0) is 13.8. The molecule has 0 spiro atoms. The molecule has 0 aromatic heterocycles. The summed E-state index contributed by atoms with van der Waals surface area (Å²) < 4.78 is 24.9. The van der Waals surface area contributed by atoms with E-state index in [4.69, 9.17) is 0 Å². The normalized spacial score (nSPS) is 11.6. The Kier molecular flexibility index (Phi) is 5.54. The van der Waals surface area contributed by atoms with Crippen LogP contribution in [0.5, 0.6) is 0 Å². The van der Waals surface area contributed by atoms with Crippen LogP contribution >= 0.6 is 0 Å². The van der Waals surface area contributed by atoms with E-state index in [0.717, 1.165) is 18.5 Å². The van der Waals surface area contributed by atoms with Gasteiger partial charge in [-0.15, -0.1) is 0 Å². The van der Waals surface area contributed by atoms with E-state index in [9.17, 15) is 8.42 Å². The molecule has 0 aliphatic carbocycles. The summed E-state index contributed by atoms with van der Waals surface area (Å²) in [5.74, 6) is 0. The molecule has 4 nitrogen and oxygen atoms in total. The Morgan fingerprint density at radius 2 is 2.00 bits per heavy atom. The molecule has 1 aromatic rings. The number of hydrogen-bond acceptors (Lipinski definition) is 3. The summed E-state index contributed by atoms with van der Waals surface area (Å²) in [7, 11) is -1.17. The molecule has 102 valence electrons. The van der Waals surface area contributed by atoms with Crippen LogP contribution in [0.15, 0.2) is 24.3 Å². The Bertz CT molecular complexity index is 489. The van der Waals surface area contributed by atoms with Gasteiger partial charge in [0.15, 0.2) is 0 Å². The van der Waals surface area contributed by atoms with Crippen molar-refractivity contribution in [1.29, 1.82) is 0 Å². The molecule has 0 fully saturated rings. The predicted molar refractivity (Wildman–Crippen MR) is 80.5 cm³/mol. The molecule has 0 atom stereocenters. The van der Waals surface area contributed by atoms with Crippen molar-refractivity contribution in [3.8, 4) is 0 Å². The Morgan fingerprint density at radius 1 is 1.33 bits per heavy atom. The molecule has 0 heterocycles. The summed E-state index contributed by atoms with van der Waals surface area (Å²) in [4.78, 5) is 2.17. The van der Waals surface area contributed by atoms with Crippen molar-refractivity contribution < 1.29 is 8.42 Å². The molecule has 0 saturated carbocycles. The molecule has 1 N–H and O–H groups in total. The van der Waals surface area contributed by atoms with Crippen molar-refractivity contribution in [2.24, 2.45) is 0 Å². The Labute approximate surface area is 115 Å². The fourth-order valence-corrected chi connectivity index (χ4v) is 3.52. The van der Waals surface area contributed by atoms with Crippen molar-refractivity contribution in [3.05, 3.63) is 24.3 Å². The molecule has 1 aromatic carbocycles. The van der Waals surface area contributed by atoms with E-state index in [1.54, 1.807) is 6.07 Å². The van der Waals surface area contributed by atoms with Crippen LogP contribution in [0.25, 0.3) is 0 Å². The SMILES string of the molecule is CN(CC[As](C)C)c1cccc(NS(C)(=O)=O)c1. The van der Waals surface area contributed by atoms with Gasteiger partial charge in [-0.2, -0.15) is 0 Å². The van der Waals surface area contributed by atoms with Gasteiger partial charge >= 0.3 is 115 Å². The minimum atomic E-state index is -3.21. The first-order valence-corrected chi connectivity index (χ1v) is 12.7. The first-order chi connectivity index (χ1) is 8.28. The first-order valence-electron chi connectivity index (χ1n) is 5.71. The molecule has 0 saturated heterocycles. The van der Waals surface area contributed by atoms with Crippen LogP contribution in [0.3, 0.4) is 0 Å². The van der Waals surface area contributed by atoms with Gasteiger partial charge < -0.3 is 0 Å². The van der Waals surface area contributed by atoms with E-state index >= 15 is 0 Å². The van der Waals surface area contributed by atoms with Crippen LogP contribution in [0.4, 0.5) is 11.4 Å². The summed E-state index contributed by atoms with van der Waals surface area (Å²) in [6.07, 6.45) is 1.16. The molecular weight excluding hydrogens is 311 g/mol. The second-order valence-electron chi connectivity index (χ2n) is 4.65. The van der Waals surface area contributed by atoms with Gasteiger partial charge in [-0.05, 0) is 0 Å². The van der Waals surface area contributed by atoms with Crippen LogP contribution in [0.2, 0.25) is 16.6 Å². The number of hydrogen-bond donors (Lipinski definition) is 1. The van der Waals surface area contributed by atoms with E-state index in [0.29, 0.717) is 5.69 Å². The van der Waals surface area contributed by atoms with E-state index in [-0.39, 0.29) is 0 Å². The molecule has 0 unspecified atom stereocenters. The van der Waals surface area contributed by atoms with Crippen molar-refractivity contribution >= 4 is 36.0 Å².